The van der Waals surface area contributed by atoms with Crippen LogP contribution in [0.25, 0.3) is 0 Å². The van der Waals surface area contributed by atoms with Crippen LogP contribution in [0.4, 0.5) is 0 Å². The molecule has 1 N–H and O–H groups in total. The molecule has 66 valence electrons. The molecule has 0 aromatic heterocycles. The van der Waals surface area contributed by atoms with Gasteiger partial charge in [-0.1, -0.05) is 30.3 Å². The van der Waals surface area contributed by atoms with Crippen molar-refractivity contribution >= 4 is 5.97 Å². The van der Waals surface area contributed by atoms with Crippen LogP contribution in [0, 0.1) is 6.15 Å². The van der Waals surface area contributed by atoms with E-state index in [0.717, 1.165) is 12.8 Å². The molecule has 0 radical (unpaired) electrons. The van der Waals surface area contributed by atoms with Gasteiger partial charge in [-0.2, -0.15) is 0 Å². The van der Waals surface area contributed by atoms with Crippen LogP contribution in [0.1, 0.15) is 18.4 Å². The molecule has 0 unspecified atom stereocenters. The average Bonchev–Trinajstić information content (AvgIpc) is 2.05. The molecule has 0 heterocycles. The Hall–Kier alpha value is -1.40. The number of carbonyl (C=O) groups is 1. The second-order valence-corrected chi connectivity index (χ2v) is 2.73. The number of benzene rings is 1. The number of rotatable bonds is 4. The van der Waals surface area contributed by atoms with Gasteiger partial charge in [-0.15, -0.1) is 0 Å². The van der Waals surface area contributed by atoms with Gasteiger partial charge in [0.1, 0.15) is 0 Å². The van der Waals surface area contributed by atoms with Gasteiger partial charge in [0.05, 0.1) is 0 Å². The Morgan fingerprint density at radius 1 is 1.23 bits per heavy atom. The SMILES string of the molecule is O=C(O)CCCc1ccccc1.[He]. The maximum Gasteiger partial charge on any atom is 0.303 e. The van der Waals surface area contributed by atoms with E-state index in [1.807, 2.05) is 30.3 Å². The van der Waals surface area contributed by atoms with Gasteiger partial charge in [0.2, 0.25) is 0 Å². The maximum atomic E-state index is 10.2. The fourth-order valence-corrected chi connectivity index (χ4v) is 1.09. The minimum absolute atomic E-state index is 0. The van der Waals surface area contributed by atoms with Crippen molar-refractivity contribution in [1.82, 2.24) is 0 Å². The van der Waals surface area contributed by atoms with E-state index in [9.17, 15) is 4.79 Å². The summed E-state index contributed by atoms with van der Waals surface area (Å²) in [5.74, 6) is -0.717. The Bertz CT molecular complexity index is 246. The van der Waals surface area contributed by atoms with Crippen molar-refractivity contribution in [1.29, 1.82) is 0 Å². The smallest absolute Gasteiger partial charge is 0.303 e. The quantitative estimate of drug-likeness (QED) is 0.747. The first-order valence-corrected chi connectivity index (χ1v) is 4.05. The molecule has 1 aromatic rings. The van der Waals surface area contributed by atoms with Crippen LogP contribution < -0.4 is 0 Å². The van der Waals surface area contributed by atoms with Gasteiger partial charge in [0, 0.05) is 12.6 Å². The van der Waals surface area contributed by atoms with E-state index in [-0.39, 0.29) is 12.6 Å². The van der Waals surface area contributed by atoms with Crippen LogP contribution in [0.15, 0.2) is 30.3 Å². The molecule has 1 aromatic carbocycles. The molecule has 0 amide bonds. The van der Waals surface area contributed by atoms with Crippen molar-refractivity contribution < 1.29 is 16.1 Å². The Kier molecular flexibility index (Phi) is 5.49. The van der Waals surface area contributed by atoms with E-state index in [1.54, 1.807) is 0 Å². The predicted octanol–water partition coefficient (Wildman–Crippen LogP) is 2.09. The molecule has 0 bridgehead atoms. The second-order valence-electron chi connectivity index (χ2n) is 2.73. The molecule has 2 nitrogen and oxygen atoms in total. The van der Waals surface area contributed by atoms with Gasteiger partial charge in [0.15, 0.2) is 0 Å². The van der Waals surface area contributed by atoms with Crippen molar-refractivity contribution in [2.24, 2.45) is 0 Å². The first kappa shape index (κ1) is 11.6. The van der Waals surface area contributed by atoms with E-state index in [2.05, 4.69) is 0 Å². The summed E-state index contributed by atoms with van der Waals surface area (Å²) in [7, 11) is 0. The van der Waals surface area contributed by atoms with E-state index in [0.29, 0.717) is 0 Å². The monoisotopic (exact) mass is 168 g/mol. The zero-order valence-electron chi connectivity index (χ0n) is 7.57. The first-order valence-electron chi connectivity index (χ1n) is 4.05. The van der Waals surface area contributed by atoms with Crippen molar-refractivity contribution in [2.75, 3.05) is 0 Å². The maximum absolute atomic E-state index is 10.2. The van der Waals surface area contributed by atoms with Crippen LogP contribution in [0.5, 0.6) is 0 Å². The van der Waals surface area contributed by atoms with Crippen molar-refractivity contribution in [3.05, 3.63) is 35.9 Å². The van der Waals surface area contributed by atoms with Crippen molar-refractivity contribution in [3.63, 3.8) is 0 Å². The Morgan fingerprint density at radius 3 is 2.38 bits per heavy atom. The third-order valence-electron chi connectivity index (χ3n) is 1.70. The molecule has 0 aliphatic heterocycles. The molecule has 0 aliphatic rings. The third-order valence-corrected chi connectivity index (χ3v) is 1.70. The van der Waals surface area contributed by atoms with Gasteiger partial charge in [-0.05, 0) is 18.4 Å². The molecule has 3 heteroatoms. The zero-order chi connectivity index (χ0) is 8.81. The minimum Gasteiger partial charge on any atom is -0.481 e. The third kappa shape index (κ3) is 4.94. The van der Waals surface area contributed by atoms with Gasteiger partial charge in [-0.25, -0.2) is 0 Å². The van der Waals surface area contributed by atoms with Crippen LogP contribution in [0.2, 0.25) is 0 Å². The van der Waals surface area contributed by atoms with E-state index >= 15 is 0 Å². The topological polar surface area (TPSA) is 37.3 Å². The van der Waals surface area contributed by atoms with Crippen molar-refractivity contribution in [2.45, 2.75) is 19.3 Å². The summed E-state index contributed by atoms with van der Waals surface area (Å²) in [4.78, 5) is 10.2. The summed E-state index contributed by atoms with van der Waals surface area (Å²) in [5.41, 5.74) is 1.21. The van der Waals surface area contributed by atoms with Crippen LogP contribution in [-0.2, 0) is 11.2 Å². The van der Waals surface area contributed by atoms with E-state index < -0.39 is 5.97 Å². The number of aliphatic carboxylic acids is 1. The predicted molar refractivity (Wildman–Crippen MR) is 47.0 cm³/mol. The molecule has 0 atom stereocenters. The molecule has 0 spiro atoms. The summed E-state index contributed by atoms with van der Waals surface area (Å²) < 4.78 is 0. The Morgan fingerprint density at radius 2 is 1.85 bits per heavy atom. The molecule has 0 fully saturated rings. The summed E-state index contributed by atoms with van der Waals surface area (Å²) in [6.45, 7) is 0. The van der Waals surface area contributed by atoms with Gasteiger partial charge in [-0.3, -0.25) is 4.79 Å². The van der Waals surface area contributed by atoms with Crippen LogP contribution >= 0.6 is 0 Å². The van der Waals surface area contributed by atoms with E-state index in [1.165, 1.54) is 5.56 Å². The fourth-order valence-electron chi connectivity index (χ4n) is 1.09. The average molecular weight is 168 g/mol. The zero-order valence-corrected chi connectivity index (χ0v) is 7.57. The molecular formula is C10H12HeO2. The van der Waals surface area contributed by atoms with Gasteiger partial charge >= 0.3 is 5.97 Å². The summed E-state index contributed by atoms with van der Waals surface area (Å²) in [6, 6.07) is 9.93. The largest absolute Gasteiger partial charge is 0.481 e. The summed E-state index contributed by atoms with van der Waals surface area (Å²) in [5, 5.41) is 8.39. The molecule has 0 saturated heterocycles. The summed E-state index contributed by atoms with van der Waals surface area (Å²) >= 11 is 0. The van der Waals surface area contributed by atoms with Crippen molar-refractivity contribution in [3.8, 4) is 0 Å². The second kappa shape index (κ2) is 6.15. The molecule has 0 aliphatic carbocycles. The number of aryl methyl sites for hydroxylation is 1. The first-order chi connectivity index (χ1) is 5.79. The Labute approximate surface area is 78.0 Å². The van der Waals surface area contributed by atoms with Gasteiger partial charge in [0.25, 0.3) is 0 Å². The number of carboxylic acid groups (broad SMARTS) is 1. The normalized spacial score (nSPS) is 8.92. The minimum atomic E-state index is -0.717. The molecular weight excluding hydrogens is 156 g/mol. The number of hydrogen-bond donors (Lipinski definition) is 1. The fraction of sp³-hybridized carbons (Fsp3) is 0.300. The van der Waals surface area contributed by atoms with Crippen LogP contribution in [0.3, 0.4) is 0 Å². The number of hydrogen-bond acceptors (Lipinski definition) is 1. The van der Waals surface area contributed by atoms with Crippen LogP contribution in [-0.4, -0.2) is 11.1 Å². The number of carboxylic acids is 1. The standard InChI is InChI=1S/C10H12O2.He/c11-10(12)8-4-7-9-5-2-1-3-6-9;/h1-3,5-6H,4,7-8H2,(H,11,12);. The molecule has 1 rings (SSSR count). The van der Waals surface area contributed by atoms with Gasteiger partial charge < -0.3 is 5.11 Å². The Balaban J connectivity index is 0.00000144. The molecule has 13 heavy (non-hydrogen) atoms. The molecule has 0 saturated carbocycles. The summed E-state index contributed by atoms with van der Waals surface area (Å²) in [6.07, 6.45) is 1.83. The van der Waals surface area contributed by atoms with E-state index in [4.69, 9.17) is 5.11 Å².